The highest BCUT2D eigenvalue weighted by Crippen LogP contribution is 2.41. The maximum absolute atomic E-state index is 15.4. The average molecular weight is 537 g/mol. The largest absolute Gasteiger partial charge is 0.461 e. The first kappa shape index (κ1) is 27.8. The van der Waals surface area contributed by atoms with Gasteiger partial charge >= 0.3 is 29.8 Å². The summed E-state index contributed by atoms with van der Waals surface area (Å²) in [7, 11) is 0. The Morgan fingerprint density at radius 1 is 1.16 bits per heavy atom. The van der Waals surface area contributed by atoms with Crippen LogP contribution in [0.4, 0.5) is 23.5 Å². The third kappa shape index (κ3) is 5.81. The van der Waals surface area contributed by atoms with Crippen LogP contribution in [0.15, 0.2) is 11.0 Å². The van der Waals surface area contributed by atoms with Gasteiger partial charge in [0.25, 0.3) is 0 Å². The Morgan fingerprint density at radius 2 is 1.78 bits per heavy atom. The molecule has 0 aliphatic carbocycles. The summed E-state index contributed by atoms with van der Waals surface area (Å²) in [5, 5.41) is 0. The molecule has 1 fully saturated rings. The molecule has 17 heteroatoms. The number of imidazole rings is 1. The highest BCUT2D eigenvalue weighted by atomic mass is 19.4. The quantitative estimate of drug-likeness (QED) is 0.301. The standard InChI is InChI=1S/C20H23F4N5O8/c1-7(34-8(2)30)6-28-11-5-26-18(25)27-16(11)29(19(28)33)17-14(35-9(3)31)12(21)13(37-17)15(20(22,23)24)36-10(4)32/h5,7,12-15,17H,6H2,1-4H3,(H2,25,26,27)/t7?,12-,13-,14+,15?,17+/m0/s1. The zero-order valence-corrected chi connectivity index (χ0v) is 19.9. The van der Waals surface area contributed by atoms with Crippen LogP contribution in [0.3, 0.4) is 0 Å². The van der Waals surface area contributed by atoms with Gasteiger partial charge in [-0.2, -0.15) is 18.2 Å². The minimum atomic E-state index is -5.28. The van der Waals surface area contributed by atoms with Crippen molar-refractivity contribution in [3.8, 4) is 0 Å². The SMILES string of the molecule is CC(=O)OC(C)Cn1c(=O)n([C@@H]2O[C@H](C(OC(C)=O)C(F)(F)F)[C@H](F)[C@H]2OC(C)=O)c2nc(N)ncc21. The topological polar surface area (TPSA) is 167 Å². The van der Waals surface area contributed by atoms with E-state index in [9.17, 15) is 32.3 Å². The Hall–Kier alpha value is -3.76. The zero-order chi connectivity index (χ0) is 27.8. The molecule has 2 aromatic rings. The van der Waals surface area contributed by atoms with Gasteiger partial charge in [-0.05, 0) is 6.92 Å². The van der Waals surface area contributed by atoms with Crippen molar-refractivity contribution in [1.29, 1.82) is 0 Å². The molecule has 0 saturated carbocycles. The van der Waals surface area contributed by atoms with Crippen molar-refractivity contribution in [2.45, 2.75) is 77.2 Å². The third-order valence-electron chi connectivity index (χ3n) is 5.21. The Morgan fingerprint density at radius 3 is 2.32 bits per heavy atom. The molecule has 2 aromatic heterocycles. The van der Waals surface area contributed by atoms with Crippen LogP contribution < -0.4 is 11.4 Å². The first-order valence-electron chi connectivity index (χ1n) is 10.7. The maximum atomic E-state index is 15.4. The molecule has 13 nitrogen and oxygen atoms in total. The molecule has 0 aromatic carbocycles. The Bertz CT molecular complexity index is 1260. The summed E-state index contributed by atoms with van der Waals surface area (Å²) in [6, 6.07) is 0. The molecule has 0 radical (unpaired) electrons. The van der Waals surface area contributed by atoms with E-state index >= 15 is 4.39 Å². The van der Waals surface area contributed by atoms with Gasteiger partial charge in [0, 0.05) is 20.8 Å². The number of alkyl halides is 4. The average Bonchev–Trinajstić information content (AvgIpc) is 3.18. The van der Waals surface area contributed by atoms with E-state index in [1.165, 1.54) is 6.92 Å². The van der Waals surface area contributed by atoms with Crippen molar-refractivity contribution in [1.82, 2.24) is 19.1 Å². The van der Waals surface area contributed by atoms with E-state index in [2.05, 4.69) is 14.7 Å². The fourth-order valence-corrected chi connectivity index (χ4v) is 3.97. The lowest BCUT2D eigenvalue weighted by Crippen LogP contribution is -2.47. The van der Waals surface area contributed by atoms with Crippen LogP contribution in [0.1, 0.15) is 33.9 Å². The van der Waals surface area contributed by atoms with Crippen LogP contribution in [-0.2, 0) is 39.9 Å². The van der Waals surface area contributed by atoms with Crippen LogP contribution in [0.25, 0.3) is 11.2 Å². The summed E-state index contributed by atoms with van der Waals surface area (Å²) in [6.07, 6.45) is -17.4. The van der Waals surface area contributed by atoms with Crippen molar-refractivity contribution >= 4 is 35.0 Å². The molecule has 3 heterocycles. The van der Waals surface area contributed by atoms with Crippen LogP contribution in [0.2, 0.25) is 0 Å². The molecule has 6 atom stereocenters. The molecule has 204 valence electrons. The molecule has 37 heavy (non-hydrogen) atoms. The molecule has 1 aliphatic rings. The molecule has 2 N–H and O–H groups in total. The molecular weight excluding hydrogens is 514 g/mol. The van der Waals surface area contributed by atoms with Crippen molar-refractivity contribution in [3.63, 3.8) is 0 Å². The molecule has 2 unspecified atom stereocenters. The third-order valence-corrected chi connectivity index (χ3v) is 5.21. The smallest absolute Gasteiger partial charge is 0.428 e. The van der Waals surface area contributed by atoms with Crippen molar-refractivity contribution in [2.75, 3.05) is 5.73 Å². The van der Waals surface area contributed by atoms with Crippen LogP contribution in [0, 0.1) is 0 Å². The predicted molar refractivity (Wildman–Crippen MR) is 113 cm³/mol. The fourth-order valence-electron chi connectivity index (χ4n) is 3.97. The number of ether oxygens (including phenoxy) is 4. The van der Waals surface area contributed by atoms with E-state index in [0.29, 0.717) is 11.5 Å². The first-order valence-corrected chi connectivity index (χ1v) is 10.7. The van der Waals surface area contributed by atoms with E-state index in [1.54, 1.807) is 0 Å². The summed E-state index contributed by atoms with van der Waals surface area (Å²) in [5.74, 6) is -3.47. The number of esters is 3. The number of nitrogens with zero attached hydrogens (tertiary/aromatic N) is 4. The van der Waals surface area contributed by atoms with Gasteiger partial charge in [0.1, 0.15) is 17.7 Å². The van der Waals surface area contributed by atoms with Gasteiger partial charge in [0.2, 0.25) is 12.1 Å². The number of rotatable bonds is 7. The molecule has 0 amide bonds. The second-order valence-electron chi connectivity index (χ2n) is 8.20. The number of nitrogens with two attached hydrogens (primary N) is 1. The lowest BCUT2D eigenvalue weighted by atomic mass is 10.1. The predicted octanol–water partition coefficient (Wildman–Crippen LogP) is 0.788. The number of carbonyl (C=O) groups excluding carboxylic acids is 3. The van der Waals surface area contributed by atoms with Crippen LogP contribution >= 0.6 is 0 Å². The number of anilines is 1. The molecular formula is C20H23F4N5O8. The Balaban J connectivity index is 2.17. The second-order valence-corrected chi connectivity index (χ2v) is 8.20. The summed E-state index contributed by atoms with van der Waals surface area (Å²) >= 11 is 0. The van der Waals surface area contributed by atoms with E-state index in [1.807, 2.05) is 0 Å². The van der Waals surface area contributed by atoms with Gasteiger partial charge in [-0.3, -0.25) is 19.0 Å². The van der Waals surface area contributed by atoms with Gasteiger partial charge in [-0.15, -0.1) is 0 Å². The zero-order valence-electron chi connectivity index (χ0n) is 19.9. The van der Waals surface area contributed by atoms with Crippen molar-refractivity contribution in [3.05, 3.63) is 16.7 Å². The second kappa shape index (κ2) is 10.3. The van der Waals surface area contributed by atoms with Gasteiger partial charge in [-0.25, -0.2) is 18.7 Å². The van der Waals surface area contributed by atoms with Crippen LogP contribution in [-0.4, -0.2) is 73.8 Å². The lowest BCUT2D eigenvalue weighted by molar-refractivity contribution is -0.252. The number of halogens is 4. The first-order chi connectivity index (χ1) is 17.1. The summed E-state index contributed by atoms with van der Waals surface area (Å²) in [5.41, 5.74) is 4.31. The van der Waals surface area contributed by atoms with E-state index < -0.39 is 66.6 Å². The molecule has 1 aliphatic heterocycles. The van der Waals surface area contributed by atoms with E-state index in [-0.39, 0.29) is 23.7 Å². The Kier molecular flexibility index (Phi) is 7.75. The van der Waals surface area contributed by atoms with Crippen LogP contribution in [0.5, 0.6) is 0 Å². The number of carbonyl (C=O) groups is 3. The van der Waals surface area contributed by atoms with Gasteiger partial charge in [0.15, 0.2) is 24.2 Å². The molecule has 0 bridgehead atoms. The highest BCUT2D eigenvalue weighted by Gasteiger charge is 2.60. The highest BCUT2D eigenvalue weighted by molar-refractivity contribution is 5.72. The molecule has 3 rings (SSSR count). The lowest BCUT2D eigenvalue weighted by Gasteiger charge is -2.26. The minimum absolute atomic E-state index is 0.0189. The fraction of sp³-hybridized carbons (Fsp3) is 0.600. The van der Waals surface area contributed by atoms with E-state index in [4.69, 9.17) is 19.9 Å². The number of fused-ring (bicyclic) bond motifs is 1. The summed E-state index contributed by atoms with van der Waals surface area (Å²) < 4.78 is 77.6. The van der Waals surface area contributed by atoms with E-state index in [0.717, 1.165) is 24.6 Å². The number of hydrogen-bond donors (Lipinski definition) is 1. The van der Waals surface area contributed by atoms with Crippen molar-refractivity contribution in [2.24, 2.45) is 0 Å². The maximum Gasteiger partial charge on any atom is 0.428 e. The number of hydrogen-bond acceptors (Lipinski definition) is 11. The Labute approximate surface area is 205 Å². The molecule has 0 spiro atoms. The van der Waals surface area contributed by atoms with Gasteiger partial charge in [-0.1, -0.05) is 0 Å². The summed E-state index contributed by atoms with van der Waals surface area (Å²) in [6.45, 7) is 3.90. The van der Waals surface area contributed by atoms with Gasteiger partial charge in [0.05, 0.1) is 12.7 Å². The number of aromatic nitrogens is 4. The molecule has 1 saturated heterocycles. The summed E-state index contributed by atoms with van der Waals surface area (Å²) in [4.78, 5) is 55.4. The minimum Gasteiger partial charge on any atom is -0.461 e. The van der Waals surface area contributed by atoms with Gasteiger partial charge < -0.3 is 24.7 Å². The number of nitrogen functional groups attached to an aromatic ring is 1. The normalized spacial score (nSPS) is 23.5. The van der Waals surface area contributed by atoms with Crippen molar-refractivity contribution < 1.29 is 50.9 Å². The monoisotopic (exact) mass is 537 g/mol.